The largest absolute Gasteiger partial charge is 0.347 e. The first-order valence-electron chi connectivity index (χ1n) is 9.82. The van der Waals surface area contributed by atoms with Gasteiger partial charge in [-0.05, 0) is 12.1 Å². The van der Waals surface area contributed by atoms with Gasteiger partial charge in [0.2, 0.25) is 5.91 Å². The molecule has 2 heterocycles. The average molecular weight is 377 g/mol. The summed E-state index contributed by atoms with van der Waals surface area (Å²) in [5.41, 5.74) is 2.98. The third-order valence-electron chi connectivity index (χ3n) is 5.30. The summed E-state index contributed by atoms with van der Waals surface area (Å²) in [6.07, 6.45) is 1.61. The molecule has 1 aromatic heterocycles. The highest BCUT2D eigenvalue weighted by atomic mass is 16.1. The number of aromatic amines is 1. The van der Waals surface area contributed by atoms with Gasteiger partial charge in [0.1, 0.15) is 12.2 Å². The average Bonchev–Trinajstić information content (AvgIpc) is 3.13. The Morgan fingerprint density at radius 2 is 1.93 bits per heavy atom. The number of nitrogens with zero attached hydrogens (tertiary/aromatic N) is 1. The van der Waals surface area contributed by atoms with Crippen LogP contribution >= 0.6 is 0 Å². The predicted octanol–water partition coefficient (Wildman–Crippen LogP) is 0.829. The molecule has 2 atom stereocenters. The molecule has 1 aliphatic heterocycles. The third-order valence-corrected chi connectivity index (χ3v) is 5.30. The van der Waals surface area contributed by atoms with E-state index in [4.69, 9.17) is 0 Å². The predicted molar refractivity (Wildman–Crippen MR) is 108 cm³/mol. The van der Waals surface area contributed by atoms with Gasteiger partial charge in [-0.1, -0.05) is 42.5 Å². The number of hydrogen-bond donors (Lipinski definition) is 3. The number of hydrogen-bond acceptors (Lipinski definition) is 3. The minimum absolute atomic E-state index is 0.0136. The second kappa shape index (κ2) is 8.35. The van der Waals surface area contributed by atoms with E-state index in [2.05, 4.69) is 39.6 Å². The van der Waals surface area contributed by atoms with Crippen molar-refractivity contribution < 1.29 is 9.69 Å². The van der Waals surface area contributed by atoms with Gasteiger partial charge in [0.05, 0.1) is 30.2 Å². The van der Waals surface area contributed by atoms with E-state index in [-0.39, 0.29) is 23.9 Å². The molecule has 2 aromatic carbocycles. The summed E-state index contributed by atoms with van der Waals surface area (Å²) in [5, 5.41) is 3.12. The number of H-pyrrole nitrogens is 1. The van der Waals surface area contributed by atoms with Gasteiger partial charge in [-0.3, -0.25) is 9.59 Å². The normalized spacial score (nSPS) is 19.0. The van der Waals surface area contributed by atoms with Gasteiger partial charge in [0.25, 0.3) is 5.56 Å². The van der Waals surface area contributed by atoms with Crippen LogP contribution < -0.4 is 15.8 Å². The lowest BCUT2D eigenvalue weighted by molar-refractivity contribution is -0.901. The van der Waals surface area contributed by atoms with Crippen LogP contribution in [0.5, 0.6) is 0 Å². The molecular formula is C22H25N4O2+. The van der Waals surface area contributed by atoms with Crippen LogP contribution in [0.2, 0.25) is 0 Å². The van der Waals surface area contributed by atoms with Crippen molar-refractivity contribution in [2.45, 2.75) is 31.8 Å². The Morgan fingerprint density at radius 3 is 2.79 bits per heavy atom. The number of rotatable bonds is 6. The maximum Gasteiger partial charge on any atom is 0.270 e. The summed E-state index contributed by atoms with van der Waals surface area (Å²) in [5.74, 6) is -0.0136. The zero-order valence-electron chi connectivity index (χ0n) is 15.8. The molecule has 1 amide bonds. The van der Waals surface area contributed by atoms with Crippen molar-refractivity contribution in [2.75, 3.05) is 13.1 Å². The topological polar surface area (TPSA) is 79.3 Å². The van der Waals surface area contributed by atoms with E-state index in [1.807, 2.05) is 30.3 Å². The van der Waals surface area contributed by atoms with Gasteiger partial charge in [-0.15, -0.1) is 0 Å². The maximum absolute atomic E-state index is 12.4. The molecule has 1 aliphatic rings. The van der Waals surface area contributed by atoms with Crippen molar-refractivity contribution in [1.29, 1.82) is 0 Å². The maximum atomic E-state index is 12.4. The Hall–Kier alpha value is -2.99. The number of fused-ring (bicyclic) bond motifs is 1. The Balaban J connectivity index is 1.28. The van der Waals surface area contributed by atoms with Gasteiger partial charge >= 0.3 is 0 Å². The van der Waals surface area contributed by atoms with Gasteiger partial charge in [0.15, 0.2) is 0 Å². The fourth-order valence-corrected chi connectivity index (χ4v) is 3.87. The van der Waals surface area contributed by atoms with E-state index in [1.165, 1.54) is 10.5 Å². The molecule has 0 bridgehead atoms. The van der Waals surface area contributed by atoms with Crippen molar-refractivity contribution in [3.63, 3.8) is 0 Å². The summed E-state index contributed by atoms with van der Waals surface area (Å²) in [7, 11) is 0. The van der Waals surface area contributed by atoms with Crippen molar-refractivity contribution in [1.82, 2.24) is 15.3 Å². The summed E-state index contributed by atoms with van der Waals surface area (Å²) in [4.78, 5) is 33.2. The molecule has 6 heteroatoms. The molecule has 28 heavy (non-hydrogen) atoms. The number of para-hydroxylation sites is 2. The van der Waals surface area contributed by atoms with E-state index in [0.717, 1.165) is 31.6 Å². The second-order valence-electron chi connectivity index (χ2n) is 7.45. The number of amides is 1. The van der Waals surface area contributed by atoms with Crippen LogP contribution in [0, 0.1) is 0 Å². The number of likely N-dealkylation sites (tertiary alicyclic amines) is 1. The van der Waals surface area contributed by atoms with E-state index >= 15 is 0 Å². The molecule has 6 nitrogen and oxygen atoms in total. The Kier molecular flexibility index (Phi) is 5.48. The summed E-state index contributed by atoms with van der Waals surface area (Å²) in [6, 6.07) is 18.1. The van der Waals surface area contributed by atoms with Crippen molar-refractivity contribution >= 4 is 16.9 Å². The molecule has 4 rings (SSSR count). The first kappa shape index (κ1) is 18.4. The quantitative estimate of drug-likeness (QED) is 0.595. The molecule has 144 valence electrons. The van der Waals surface area contributed by atoms with Crippen LogP contribution in [0.1, 0.15) is 24.1 Å². The zero-order chi connectivity index (χ0) is 19.3. The lowest BCUT2D eigenvalue weighted by Gasteiger charge is -2.14. The Bertz CT molecular complexity index is 1020. The van der Waals surface area contributed by atoms with Crippen LogP contribution in [0.15, 0.2) is 59.4 Å². The van der Waals surface area contributed by atoms with E-state index < -0.39 is 0 Å². The lowest BCUT2D eigenvalue weighted by Crippen LogP contribution is -3.09. The van der Waals surface area contributed by atoms with Crippen LogP contribution in [-0.2, 0) is 17.8 Å². The van der Waals surface area contributed by atoms with Crippen LogP contribution in [0.25, 0.3) is 11.0 Å². The van der Waals surface area contributed by atoms with Gasteiger partial charge in [-0.25, -0.2) is 4.98 Å². The molecule has 3 aromatic rings. The highest BCUT2D eigenvalue weighted by Gasteiger charge is 2.27. The molecule has 1 fully saturated rings. The second-order valence-corrected chi connectivity index (χ2v) is 7.45. The minimum atomic E-state index is -0.217. The fourth-order valence-electron chi connectivity index (χ4n) is 3.87. The molecule has 3 N–H and O–H groups in total. The molecule has 0 saturated carbocycles. The van der Waals surface area contributed by atoms with Crippen molar-refractivity contribution in [3.8, 4) is 0 Å². The number of benzene rings is 2. The highest BCUT2D eigenvalue weighted by Crippen LogP contribution is 2.07. The van der Waals surface area contributed by atoms with E-state index in [1.54, 1.807) is 0 Å². The van der Waals surface area contributed by atoms with Crippen LogP contribution in [0.3, 0.4) is 0 Å². The number of aromatic nitrogens is 2. The molecular weight excluding hydrogens is 352 g/mol. The fraction of sp³-hybridized carbons (Fsp3) is 0.318. The van der Waals surface area contributed by atoms with E-state index in [0.29, 0.717) is 17.6 Å². The Morgan fingerprint density at radius 1 is 1.14 bits per heavy atom. The summed E-state index contributed by atoms with van der Waals surface area (Å²) in [6.45, 7) is 2.99. The number of carbonyl (C=O) groups is 1. The Labute approximate surface area is 163 Å². The number of quaternary nitrogens is 1. The first-order valence-corrected chi connectivity index (χ1v) is 9.82. The van der Waals surface area contributed by atoms with Crippen molar-refractivity contribution in [2.24, 2.45) is 0 Å². The van der Waals surface area contributed by atoms with Gasteiger partial charge < -0.3 is 15.2 Å². The standard InChI is InChI=1S/C22H24N4O2/c27-21(11-10-20-22(28)25-19-9-5-4-8-18(19)24-20)23-17-12-13-26(15-17)14-16-6-2-1-3-7-16/h1-9,17H,10-15H2,(H,23,27)(H,25,28)/p+1/t17-/m1/s1. The lowest BCUT2D eigenvalue weighted by atomic mass is 10.2. The third kappa shape index (κ3) is 4.46. The monoisotopic (exact) mass is 377 g/mol. The molecule has 1 saturated heterocycles. The summed E-state index contributed by atoms with van der Waals surface area (Å²) < 4.78 is 0. The van der Waals surface area contributed by atoms with Gasteiger partial charge in [-0.2, -0.15) is 0 Å². The molecule has 0 aliphatic carbocycles. The SMILES string of the molecule is O=C(CCc1nc2ccccc2[nH]c1=O)N[C@@H]1CC[NH+](Cc2ccccc2)C1. The number of nitrogens with one attached hydrogen (secondary N) is 3. The first-order chi connectivity index (χ1) is 13.7. The number of aryl methyl sites for hydroxylation is 1. The van der Waals surface area contributed by atoms with E-state index in [9.17, 15) is 9.59 Å². The van der Waals surface area contributed by atoms with Crippen molar-refractivity contribution in [3.05, 3.63) is 76.2 Å². The van der Waals surface area contributed by atoms with Gasteiger partial charge in [0, 0.05) is 24.8 Å². The summed E-state index contributed by atoms with van der Waals surface area (Å²) >= 11 is 0. The minimum Gasteiger partial charge on any atom is -0.347 e. The molecule has 1 unspecified atom stereocenters. The number of carbonyl (C=O) groups excluding carboxylic acids is 1. The molecule has 0 radical (unpaired) electrons. The van der Waals surface area contributed by atoms with Crippen LogP contribution in [-0.4, -0.2) is 35.0 Å². The van der Waals surface area contributed by atoms with Crippen LogP contribution in [0.4, 0.5) is 0 Å². The molecule has 0 spiro atoms. The zero-order valence-corrected chi connectivity index (χ0v) is 15.8. The smallest absolute Gasteiger partial charge is 0.270 e. The highest BCUT2D eigenvalue weighted by molar-refractivity contribution is 5.77.